The first-order chi connectivity index (χ1) is 7.09. The van der Waals surface area contributed by atoms with Crippen LogP contribution in [0, 0.1) is 13.8 Å². The number of aromatic nitrogens is 2. The zero-order chi connectivity index (χ0) is 11.0. The van der Waals surface area contributed by atoms with Gasteiger partial charge in [-0.3, -0.25) is 4.68 Å². The van der Waals surface area contributed by atoms with Gasteiger partial charge in [0.05, 0.1) is 27.4 Å². The molecule has 0 spiro atoms. The minimum Gasteiger partial charge on any atom is -0.263 e. The summed E-state index contributed by atoms with van der Waals surface area (Å²) in [6, 6.07) is 1.92. The van der Waals surface area contributed by atoms with Gasteiger partial charge in [-0.2, -0.15) is 5.10 Å². The number of rotatable bonds is 2. The Bertz CT molecular complexity index is 490. The molecule has 2 nitrogen and oxygen atoms in total. The van der Waals surface area contributed by atoms with Gasteiger partial charge in [0.1, 0.15) is 0 Å². The summed E-state index contributed by atoms with van der Waals surface area (Å²) in [6.45, 7) is 4.78. The van der Waals surface area contributed by atoms with Crippen LogP contribution in [-0.2, 0) is 6.54 Å². The van der Waals surface area contributed by atoms with Crippen LogP contribution in [-0.4, -0.2) is 9.78 Å². The van der Waals surface area contributed by atoms with Crippen molar-refractivity contribution in [1.29, 1.82) is 0 Å². The average molecular weight is 306 g/mol. The van der Waals surface area contributed by atoms with Crippen molar-refractivity contribution in [2.45, 2.75) is 20.4 Å². The summed E-state index contributed by atoms with van der Waals surface area (Å²) >= 11 is 11.2. The molecule has 0 bridgehead atoms. The van der Waals surface area contributed by atoms with Gasteiger partial charge in [-0.25, -0.2) is 0 Å². The Kier molecular flexibility index (Phi) is 3.19. The summed E-state index contributed by atoms with van der Waals surface area (Å²) in [5.41, 5.74) is 2.15. The molecule has 0 saturated heterocycles. The third-order valence-corrected chi connectivity index (χ3v) is 4.80. The van der Waals surface area contributed by atoms with Crippen LogP contribution in [0.3, 0.4) is 0 Å². The van der Waals surface area contributed by atoms with Crippen molar-refractivity contribution in [3.8, 4) is 0 Å². The van der Waals surface area contributed by atoms with Crippen LogP contribution in [0.1, 0.15) is 16.3 Å². The maximum Gasteiger partial charge on any atom is 0.0770 e. The lowest BCUT2D eigenvalue weighted by atomic mass is 10.4. The van der Waals surface area contributed by atoms with Gasteiger partial charge in [0.25, 0.3) is 0 Å². The van der Waals surface area contributed by atoms with Crippen LogP contribution >= 0.6 is 38.9 Å². The summed E-state index contributed by atoms with van der Waals surface area (Å²) in [5, 5.41) is 7.26. The van der Waals surface area contributed by atoms with Crippen LogP contribution in [0.5, 0.6) is 0 Å². The van der Waals surface area contributed by atoms with Crippen molar-refractivity contribution in [2.75, 3.05) is 0 Å². The number of aryl methyl sites for hydroxylation is 1. The van der Waals surface area contributed by atoms with Crippen molar-refractivity contribution >= 4 is 38.9 Å². The topological polar surface area (TPSA) is 17.8 Å². The average Bonchev–Trinajstić information content (AvgIpc) is 2.69. The molecule has 0 fully saturated rings. The maximum absolute atomic E-state index is 6.05. The van der Waals surface area contributed by atoms with Crippen molar-refractivity contribution in [1.82, 2.24) is 9.78 Å². The molecule has 0 aliphatic heterocycles. The summed E-state index contributed by atoms with van der Waals surface area (Å²) in [6.07, 6.45) is 0. The number of nitrogens with zero attached hydrogens (tertiary/aromatic N) is 2. The summed E-state index contributed by atoms with van der Waals surface area (Å²) in [5.74, 6) is 0. The van der Waals surface area contributed by atoms with Crippen molar-refractivity contribution in [3.05, 3.63) is 37.2 Å². The first kappa shape index (κ1) is 11.2. The van der Waals surface area contributed by atoms with Crippen molar-refractivity contribution < 1.29 is 0 Å². The standard InChI is InChI=1S/C10H10BrClN2S/c1-6-10(11)7(2)14(13-6)5-9-8(12)3-4-15-9/h3-4H,5H2,1-2H3. The van der Waals surface area contributed by atoms with Crippen LogP contribution in [0.4, 0.5) is 0 Å². The number of halogens is 2. The lowest BCUT2D eigenvalue weighted by Crippen LogP contribution is -2.02. The van der Waals surface area contributed by atoms with E-state index in [0.29, 0.717) is 0 Å². The Morgan fingerprint density at radius 1 is 1.53 bits per heavy atom. The van der Waals surface area contributed by atoms with Crippen LogP contribution in [0.15, 0.2) is 15.9 Å². The fourth-order valence-corrected chi connectivity index (χ4v) is 2.76. The molecule has 2 rings (SSSR count). The molecule has 0 saturated carbocycles. The predicted molar refractivity (Wildman–Crippen MR) is 67.8 cm³/mol. The smallest absolute Gasteiger partial charge is 0.0770 e. The van der Waals surface area contributed by atoms with E-state index in [-0.39, 0.29) is 0 Å². The molecule has 5 heteroatoms. The minimum atomic E-state index is 0.745. The van der Waals surface area contributed by atoms with Gasteiger partial charge in [-0.1, -0.05) is 11.6 Å². The van der Waals surface area contributed by atoms with Gasteiger partial charge in [0.2, 0.25) is 0 Å². The van der Waals surface area contributed by atoms with E-state index in [2.05, 4.69) is 21.0 Å². The second kappa shape index (κ2) is 4.28. The molecule has 2 heterocycles. The lowest BCUT2D eigenvalue weighted by molar-refractivity contribution is 0.665. The zero-order valence-corrected chi connectivity index (χ0v) is 11.6. The first-order valence-electron chi connectivity index (χ1n) is 4.51. The fraction of sp³-hybridized carbons (Fsp3) is 0.300. The molecule has 0 aliphatic carbocycles. The van der Waals surface area contributed by atoms with Crippen LogP contribution in [0.2, 0.25) is 5.02 Å². The van der Waals surface area contributed by atoms with Crippen LogP contribution < -0.4 is 0 Å². The first-order valence-corrected chi connectivity index (χ1v) is 6.56. The third kappa shape index (κ3) is 2.12. The molecular formula is C10H10BrClN2S. The zero-order valence-electron chi connectivity index (χ0n) is 8.42. The molecule has 2 aromatic rings. The number of hydrogen-bond donors (Lipinski definition) is 0. The van der Waals surface area contributed by atoms with Crippen molar-refractivity contribution in [3.63, 3.8) is 0 Å². The Labute approximate surface area is 106 Å². The third-order valence-electron chi connectivity index (χ3n) is 2.28. The molecule has 15 heavy (non-hydrogen) atoms. The summed E-state index contributed by atoms with van der Waals surface area (Å²) < 4.78 is 3.05. The quantitative estimate of drug-likeness (QED) is 0.819. The molecular weight excluding hydrogens is 296 g/mol. The Balaban J connectivity index is 2.33. The lowest BCUT2D eigenvalue weighted by Gasteiger charge is -2.02. The minimum absolute atomic E-state index is 0.745. The highest BCUT2D eigenvalue weighted by Crippen LogP contribution is 2.25. The molecule has 0 aliphatic rings. The Hall–Kier alpha value is -0.320. The second-order valence-corrected chi connectivity index (χ2v) is 5.54. The van der Waals surface area contributed by atoms with E-state index in [0.717, 1.165) is 32.3 Å². The van der Waals surface area contributed by atoms with E-state index in [4.69, 9.17) is 11.6 Å². The normalized spacial score (nSPS) is 10.9. The van der Waals surface area contributed by atoms with Gasteiger partial charge in [0, 0.05) is 4.88 Å². The molecule has 0 radical (unpaired) electrons. The summed E-state index contributed by atoms with van der Waals surface area (Å²) in [4.78, 5) is 1.15. The molecule has 0 unspecified atom stereocenters. The fourth-order valence-electron chi connectivity index (χ4n) is 1.40. The van der Waals surface area contributed by atoms with E-state index in [1.54, 1.807) is 11.3 Å². The molecule has 0 amide bonds. The molecule has 2 aromatic heterocycles. The maximum atomic E-state index is 6.05. The van der Waals surface area contributed by atoms with Gasteiger partial charge < -0.3 is 0 Å². The molecule has 80 valence electrons. The van der Waals surface area contributed by atoms with E-state index < -0.39 is 0 Å². The number of hydrogen-bond acceptors (Lipinski definition) is 2. The van der Waals surface area contributed by atoms with Crippen LogP contribution in [0.25, 0.3) is 0 Å². The molecule has 0 N–H and O–H groups in total. The van der Waals surface area contributed by atoms with Gasteiger partial charge in [0.15, 0.2) is 0 Å². The van der Waals surface area contributed by atoms with Gasteiger partial charge in [-0.15, -0.1) is 11.3 Å². The van der Waals surface area contributed by atoms with Gasteiger partial charge >= 0.3 is 0 Å². The second-order valence-electron chi connectivity index (χ2n) is 3.33. The van der Waals surface area contributed by atoms with E-state index in [1.165, 1.54) is 0 Å². The highest BCUT2D eigenvalue weighted by Gasteiger charge is 2.10. The largest absolute Gasteiger partial charge is 0.263 e. The predicted octanol–water partition coefficient (Wildman–Crippen LogP) is 4.03. The highest BCUT2D eigenvalue weighted by atomic mass is 79.9. The van der Waals surface area contributed by atoms with E-state index >= 15 is 0 Å². The van der Waals surface area contributed by atoms with E-state index in [9.17, 15) is 0 Å². The molecule has 0 aromatic carbocycles. The van der Waals surface area contributed by atoms with Gasteiger partial charge in [-0.05, 0) is 41.2 Å². The Morgan fingerprint density at radius 3 is 2.73 bits per heavy atom. The number of thiophene rings is 1. The van der Waals surface area contributed by atoms with E-state index in [1.807, 2.05) is 30.0 Å². The van der Waals surface area contributed by atoms with Crippen molar-refractivity contribution in [2.24, 2.45) is 0 Å². The molecule has 0 atom stereocenters. The summed E-state index contributed by atoms with van der Waals surface area (Å²) in [7, 11) is 0. The highest BCUT2D eigenvalue weighted by molar-refractivity contribution is 9.10. The Morgan fingerprint density at radius 2 is 2.27 bits per heavy atom. The SMILES string of the molecule is Cc1nn(Cc2sccc2Cl)c(C)c1Br. The monoisotopic (exact) mass is 304 g/mol.